The van der Waals surface area contributed by atoms with Gasteiger partial charge in [0, 0.05) is 24.1 Å². The molecule has 4 atom stereocenters. The van der Waals surface area contributed by atoms with Crippen LogP contribution in [0.4, 0.5) is 0 Å². The predicted octanol–water partition coefficient (Wildman–Crippen LogP) is 5.26. The molecule has 3 aromatic rings. The molecule has 0 aliphatic carbocycles. The van der Waals surface area contributed by atoms with Gasteiger partial charge in [-0.05, 0) is 34.0 Å². The predicted molar refractivity (Wildman–Crippen MR) is 169 cm³/mol. The van der Waals surface area contributed by atoms with Crippen LogP contribution >= 0.6 is 22.6 Å². The summed E-state index contributed by atoms with van der Waals surface area (Å²) in [4.78, 5) is 0.333. The fraction of sp³-hybridized carbons (Fsp3) is 0.419. The third-order valence-corrected chi connectivity index (χ3v) is 15.4. The van der Waals surface area contributed by atoms with Crippen LogP contribution in [0.2, 0.25) is 5.04 Å². The van der Waals surface area contributed by atoms with E-state index < -0.39 is 18.2 Å². The molecule has 0 saturated carbocycles. The number of hydrogen-bond donors (Lipinski definition) is 0. The Hall–Kier alpha value is -1.56. The van der Waals surface area contributed by atoms with Crippen molar-refractivity contribution in [2.75, 3.05) is 23.9 Å². The number of sulfone groups is 1. The first-order valence-electron chi connectivity index (χ1n) is 13.4. The molecule has 0 amide bonds. The first kappa shape index (κ1) is 30.4. The van der Waals surface area contributed by atoms with Gasteiger partial charge in [0.2, 0.25) is 0 Å². The highest BCUT2D eigenvalue weighted by Gasteiger charge is 2.51. The number of hydrogen-bond acceptors (Lipinski definition) is 5. The lowest BCUT2D eigenvalue weighted by atomic mass is 9.97. The van der Waals surface area contributed by atoms with Crippen molar-refractivity contribution < 1.29 is 22.3 Å². The normalized spacial score (nSPS) is 22.2. The lowest BCUT2D eigenvalue weighted by Crippen LogP contribution is -2.66. The minimum absolute atomic E-state index is 0.0213. The zero-order valence-corrected chi connectivity index (χ0v) is 27.1. The number of ether oxygens (including phenoxy) is 2. The molecule has 1 fully saturated rings. The Bertz CT molecular complexity index is 1240. The molecule has 0 unspecified atom stereocenters. The van der Waals surface area contributed by atoms with Gasteiger partial charge in [0.25, 0.3) is 8.32 Å². The second kappa shape index (κ2) is 13.0. The van der Waals surface area contributed by atoms with Crippen molar-refractivity contribution in [1.82, 2.24) is 0 Å². The Balaban J connectivity index is 1.62. The average molecular weight is 679 g/mol. The van der Waals surface area contributed by atoms with Crippen LogP contribution in [0, 0.1) is 5.92 Å². The van der Waals surface area contributed by atoms with Crippen molar-refractivity contribution in [3.63, 3.8) is 0 Å². The van der Waals surface area contributed by atoms with Gasteiger partial charge in [-0.15, -0.1) is 0 Å². The van der Waals surface area contributed by atoms with Crippen molar-refractivity contribution in [2.45, 2.75) is 55.4 Å². The van der Waals surface area contributed by atoms with Gasteiger partial charge in [0.1, 0.15) is 0 Å². The summed E-state index contributed by atoms with van der Waals surface area (Å²) in [6.45, 7) is 7.24. The summed E-state index contributed by atoms with van der Waals surface area (Å²) >= 11 is 2.29. The third kappa shape index (κ3) is 6.52. The Morgan fingerprint density at radius 2 is 1.36 bits per heavy atom. The van der Waals surface area contributed by atoms with E-state index in [2.05, 4.69) is 91.9 Å². The molecule has 5 nitrogen and oxygen atoms in total. The molecular formula is C31H39IO5SSi. The fourth-order valence-corrected chi connectivity index (χ4v) is 12.9. The maximum Gasteiger partial charge on any atom is 0.261 e. The molecule has 1 heterocycles. The Morgan fingerprint density at radius 3 is 1.82 bits per heavy atom. The van der Waals surface area contributed by atoms with E-state index in [1.54, 1.807) is 31.4 Å². The molecule has 1 saturated heterocycles. The van der Waals surface area contributed by atoms with Crippen LogP contribution in [0.3, 0.4) is 0 Å². The monoisotopic (exact) mass is 678 g/mol. The zero-order valence-electron chi connectivity index (χ0n) is 23.1. The van der Waals surface area contributed by atoms with Crippen molar-refractivity contribution in [1.29, 1.82) is 0 Å². The zero-order chi connectivity index (χ0) is 28.1. The number of halogens is 1. The maximum atomic E-state index is 13.4. The van der Waals surface area contributed by atoms with Gasteiger partial charge in [-0.25, -0.2) is 8.42 Å². The van der Waals surface area contributed by atoms with Gasteiger partial charge in [0.05, 0.1) is 29.0 Å². The van der Waals surface area contributed by atoms with Gasteiger partial charge < -0.3 is 13.9 Å². The van der Waals surface area contributed by atoms with Crippen LogP contribution in [-0.4, -0.2) is 58.9 Å². The number of alkyl halides is 1. The van der Waals surface area contributed by atoms with E-state index in [9.17, 15) is 8.42 Å². The van der Waals surface area contributed by atoms with E-state index >= 15 is 0 Å². The summed E-state index contributed by atoms with van der Waals surface area (Å²) in [7, 11) is -4.56. The minimum atomic E-state index is -3.51. The van der Waals surface area contributed by atoms with Gasteiger partial charge in [-0.3, -0.25) is 0 Å². The van der Waals surface area contributed by atoms with Crippen molar-refractivity contribution in [2.24, 2.45) is 5.92 Å². The van der Waals surface area contributed by atoms with Crippen molar-refractivity contribution in [3.8, 4) is 0 Å². The van der Waals surface area contributed by atoms with E-state index in [1.165, 1.54) is 10.4 Å². The molecule has 0 spiro atoms. The molecule has 0 aromatic heterocycles. The van der Waals surface area contributed by atoms with E-state index in [-0.39, 0.29) is 35.0 Å². The van der Waals surface area contributed by atoms with Gasteiger partial charge >= 0.3 is 0 Å². The lowest BCUT2D eigenvalue weighted by molar-refractivity contribution is 0.00510. The maximum absolute atomic E-state index is 13.4. The number of benzene rings is 3. The van der Waals surface area contributed by atoms with Crippen LogP contribution in [0.5, 0.6) is 0 Å². The van der Waals surface area contributed by atoms with Crippen LogP contribution in [0.1, 0.15) is 27.2 Å². The highest BCUT2D eigenvalue weighted by Crippen LogP contribution is 2.38. The summed E-state index contributed by atoms with van der Waals surface area (Å²) in [5, 5.41) is 2.31. The molecule has 1 aliphatic rings. The summed E-state index contributed by atoms with van der Waals surface area (Å²) in [6, 6.07) is 29.8. The van der Waals surface area contributed by atoms with Crippen LogP contribution < -0.4 is 10.4 Å². The smallest absolute Gasteiger partial charge is 0.261 e. The van der Waals surface area contributed by atoms with Crippen molar-refractivity contribution in [3.05, 3.63) is 91.0 Å². The molecule has 0 N–H and O–H groups in total. The van der Waals surface area contributed by atoms with Crippen LogP contribution in [0.25, 0.3) is 0 Å². The standard InChI is InChI=1S/C31H39IO5SSi/c1-31(2,3)39(25-16-10-6-11-17-25,26-18-12-7-13-19-26)36-21-20-28-27(30(35-4)29(22-32)37-28)23-38(33,34)24-14-8-5-9-15-24/h5-19,27-30H,20-23H2,1-4H3/t27-,28-,29+,30+/m0/s1. The highest BCUT2D eigenvalue weighted by atomic mass is 127. The van der Waals surface area contributed by atoms with Gasteiger partial charge in [-0.1, -0.05) is 122 Å². The molecule has 1 aliphatic heterocycles. The molecule has 8 heteroatoms. The van der Waals surface area contributed by atoms with Crippen LogP contribution in [-0.2, 0) is 23.7 Å². The molecule has 39 heavy (non-hydrogen) atoms. The van der Waals surface area contributed by atoms with E-state index in [0.717, 1.165) is 4.43 Å². The van der Waals surface area contributed by atoms with E-state index in [4.69, 9.17) is 13.9 Å². The number of methoxy groups -OCH3 is 1. The topological polar surface area (TPSA) is 61.8 Å². The molecular weight excluding hydrogens is 639 g/mol. The lowest BCUT2D eigenvalue weighted by Gasteiger charge is -2.43. The second-order valence-corrected chi connectivity index (χ2v) is 18.3. The first-order valence-corrected chi connectivity index (χ1v) is 18.5. The Kier molecular flexibility index (Phi) is 10.1. The molecule has 3 aromatic carbocycles. The summed E-state index contributed by atoms with van der Waals surface area (Å²) in [6.07, 6.45) is -0.152. The van der Waals surface area contributed by atoms with E-state index in [0.29, 0.717) is 17.9 Å². The first-order chi connectivity index (χ1) is 18.6. The molecule has 210 valence electrons. The number of rotatable bonds is 11. The van der Waals surface area contributed by atoms with Crippen molar-refractivity contribution >= 4 is 51.1 Å². The van der Waals surface area contributed by atoms with Crippen LogP contribution in [0.15, 0.2) is 95.9 Å². The Morgan fingerprint density at radius 1 is 0.846 bits per heavy atom. The highest BCUT2D eigenvalue weighted by molar-refractivity contribution is 14.1. The third-order valence-electron chi connectivity index (χ3n) is 7.69. The summed E-state index contributed by atoms with van der Waals surface area (Å²) in [5.41, 5.74) is 0. The molecule has 0 bridgehead atoms. The SMILES string of the molecule is CO[C@@H]1[C@@H](CS(=O)(=O)c2ccccc2)[C@H](CCO[Si](c2ccccc2)(c2ccccc2)C(C)(C)C)O[C@@H]1CI. The molecule has 4 rings (SSSR count). The molecule has 0 radical (unpaired) electrons. The average Bonchev–Trinajstić information content (AvgIpc) is 3.27. The largest absolute Gasteiger partial charge is 0.407 e. The Labute approximate surface area is 248 Å². The summed E-state index contributed by atoms with van der Waals surface area (Å²) in [5.74, 6) is -0.310. The minimum Gasteiger partial charge on any atom is -0.407 e. The van der Waals surface area contributed by atoms with Gasteiger partial charge in [-0.2, -0.15) is 0 Å². The fourth-order valence-electron chi connectivity index (χ4n) is 5.89. The summed E-state index contributed by atoms with van der Waals surface area (Å²) < 4.78 is 46.9. The van der Waals surface area contributed by atoms with E-state index in [1.807, 2.05) is 18.2 Å². The van der Waals surface area contributed by atoms with Gasteiger partial charge in [0.15, 0.2) is 9.84 Å². The second-order valence-electron chi connectivity index (χ2n) is 11.1. The quantitative estimate of drug-likeness (QED) is 0.157.